The number of carbonyl (C=O) groups excluding carboxylic acids is 2. The molecule has 1 aliphatic rings. The van der Waals surface area contributed by atoms with Crippen molar-refractivity contribution in [2.45, 2.75) is 19.4 Å². The molecule has 1 aliphatic heterocycles. The fourth-order valence-corrected chi connectivity index (χ4v) is 4.18. The molecule has 1 atom stereocenters. The third-order valence-electron chi connectivity index (χ3n) is 5.71. The summed E-state index contributed by atoms with van der Waals surface area (Å²) >= 11 is 0. The number of amides is 1. The van der Waals surface area contributed by atoms with E-state index >= 15 is 0 Å². The summed E-state index contributed by atoms with van der Waals surface area (Å²) in [6.07, 6.45) is 2.22. The number of nitrogens with zero attached hydrogens (tertiary/aromatic N) is 2. The summed E-state index contributed by atoms with van der Waals surface area (Å²) in [5.41, 5.74) is 1.63. The van der Waals surface area contributed by atoms with Gasteiger partial charge in [-0.3, -0.25) is 19.7 Å². The minimum atomic E-state index is -1.04. The van der Waals surface area contributed by atoms with Gasteiger partial charge < -0.3 is 19.7 Å². The molecular weight excluding hydrogens is 414 g/mol. The molecule has 0 spiro atoms. The molecule has 0 radical (unpaired) electrons. The van der Waals surface area contributed by atoms with Gasteiger partial charge in [0.05, 0.1) is 29.2 Å². The fourth-order valence-electron chi connectivity index (χ4n) is 4.18. The number of hydrogen-bond donors (Lipinski definition) is 2. The molecule has 1 aromatic heterocycles. The van der Waals surface area contributed by atoms with Gasteiger partial charge in [0.2, 0.25) is 0 Å². The van der Waals surface area contributed by atoms with Gasteiger partial charge in [0, 0.05) is 29.7 Å². The van der Waals surface area contributed by atoms with Crippen molar-refractivity contribution >= 4 is 28.3 Å². The van der Waals surface area contributed by atoms with Gasteiger partial charge in [0.15, 0.2) is 11.5 Å². The van der Waals surface area contributed by atoms with E-state index in [1.807, 2.05) is 24.4 Å². The van der Waals surface area contributed by atoms with Gasteiger partial charge in [0.25, 0.3) is 11.6 Å². The van der Waals surface area contributed by atoms with E-state index in [9.17, 15) is 24.8 Å². The first-order valence-electron chi connectivity index (χ1n) is 9.95. The Kier molecular flexibility index (Phi) is 5.40. The number of para-hydroxylation sites is 1. The van der Waals surface area contributed by atoms with Crippen molar-refractivity contribution in [2.75, 3.05) is 13.7 Å². The van der Waals surface area contributed by atoms with Crippen LogP contribution in [0.2, 0.25) is 0 Å². The van der Waals surface area contributed by atoms with Crippen LogP contribution in [-0.2, 0) is 16.0 Å². The number of carbonyl (C=O) groups is 2. The minimum Gasteiger partial charge on any atom is -0.503 e. The molecule has 9 heteroatoms. The molecule has 0 aliphatic carbocycles. The number of benzene rings is 2. The van der Waals surface area contributed by atoms with E-state index in [4.69, 9.17) is 4.74 Å². The molecule has 0 saturated carbocycles. The third-order valence-corrected chi connectivity index (χ3v) is 5.71. The van der Waals surface area contributed by atoms with E-state index in [2.05, 4.69) is 4.98 Å². The highest BCUT2D eigenvalue weighted by atomic mass is 16.6. The van der Waals surface area contributed by atoms with Gasteiger partial charge in [-0.05, 0) is 43.2 Å². The zero-order chi connectivity index (χ0) is 23.0. The molecule has 32 heavy (non-hydrogen) atoms. The van der Waals surface area contributed by atoms with E-state index in [1.165, 1.54) is 30.0 Å². The second-order valence-electron chi connectivity index (χ2n) is 7.51. The van der Waals surface area contributed by atoms with Gasteiger partial charge in [0.1, 0.15) is 5.75 Å². The number of hydrogen-bond acceptors (Lipinski definition) is 6. The molecule has 3 aromatic rings. The number of ketones is 1. The summed E-state index contributed by atoms with van der Waals surface area (Å²) in [7, 11) is 1.57. The number of aliphatic hydroxyl groups is 1. The Morgan fingerprint density at radius 3 is 2.72 bits per heavy atom. The number of H-pyrrole nitrogens is 1. The summed E-state index contributed by atoms with van der Waals surface area (Å²) in [5, 5.41) is 22.9. The number of nitro benzene ring substituents is 1. The van der Waals surface area contributed by atoms with Crippen molar-refractivity contribution in [1.82, 2.24) is 9.88 Å². The number of nitro groups is 1. The maximum Gasteiger partial charge on any atom is 0.290 e. The second-order valence-corrected chi connectivity index (χ2v) is 7.51. The molecule has 1 unspecified atom stereocenters. The molecule has 0 bridgehead atoms. The second kappa shape index (κ2) is 8.18. The van der Waals surface area contributed by atoms with Crippen molar-refractivity contribution in [1.29, 1.82) is 0 Å². The summed E-state index contributed by atoms with van der Waals surface area (Å²) in [6, 6.07) is 10.5. The number of fused-ring (bicyclic) bond motifs is 1. The molecule has 9 nitrogen and oxygen atoms in total. The Bertz CT molecular complexity index is 1280. The van der Waals surface area contributed by atoms with Crippen LogP contribution in [0.3, 0.4) is 0 Å². The number of Topliss-reactive ketones (excluding diaryl/α,β-unsaturated/α-hetero) is 1. The highest BCUT2D eigenvalue weighted by molar-refractivity contribution is 6.08. The molecule has 4 rings (SSSR count). The van der Waals surface area contributed by atoms with Crippen LogP contribution in [0.1, 0.15) is 24.1 Å². The number of aromatic amines is 1. The average molecular weight is 435 g/mol. The lowest BCUT2D eigenvalue weighted by Gasteiger charge is -2.26. The van der Waals surface area contributed by atoms with Crippen molar-refractivity contribution in [3.63, 3.8) is 0 Å². The minimum absolute atomic E-state index is 0.134. The highest BCUT2D eigenvalue weighted by Crippen LogP contribution is 2.41. The lowest BCUT2D eigenvalue weighted by atomic mass is 9.95. The molecule has 0 saturated heterocycles. The van der Waals surface area contributed by atoms with Crippen LogP contribution in [0.15, 0.2) is 60.0 Å². The van der Waals surface area contributed by atoms with Crippen LogP contribution < -0.4 is 4.74 Å². The largest absolute Gasteiger partial charge is 0.503 e. The standard InChI is InChI=1S/C23H21N3O6/c1-13(27)20-21(16-5-3-4-6-19(16)26(30)31)25(23(29)22(20)28)10-9-14-12-24-18-8-7-15(32-2)11-17(14)18/h3-8,11-12,21,24,28H,9-10H2,1-2H3. The fraction of sp³-hybridized carbons (Fsp3) is 0.217. The van der Waals surface area contributed by atoms with E-state index in [1.54, 1.807) is 13.2 Å². The molecule has 2 aromatic carbocycles. The average Bonchev–Trinajstić information content (AvgIpc) is 3.30. The maximum absolute atomic E-state index is 12.9. The summed E-state index contributed by atoms with van der Waals surface area (Å²) in [4.78, 5) is 40.7. The van der Waals surface area contributed by atoms with Crippen LogP contribution in [-0.4, -0.2) is 45.3 Å². The van der Waals surface area contributed by atoms with Crippen LogP contribution in [0.25, 0.3) is 10.9 Å². The van der Waals surface area contributed by atoms with Crippen molar-refractivity contribution in [2.24, 2.45) is 0 Å². The summed E-state index contributed by atoms with van der Waals surface area (Å²) in [6.45, 7) is 1.37. The van der Waals surface area contributed by atoms with Crippen molar-refractivity contribution in [3.05, 3.63) is 81.2 Å². The van der Waals surface area contributed by atoms with E-state index in [-0.39, 0.29) is 23.4 Å². The van der Waals surface area contributed by atoms with Crippen LogP contribution in [0, 0.1) is 10.1 Å². The predicted molar refractivity (Wildman–Crippen MR) is 116 cm³/mol. The van der Waals surface area contributed by atoms with Crippen LogP contribution in [0.4, 0.5) is 5.69 Å². The van der Waals surface area contributed by atoms with Gasteiger partial charge in [-0.25, -0.2) is 0 Å². The normalized spacial score (nSPS) is 16.1. The highest BCUT2D eigenvalue weighted by Gasteiger charge is 2.44. The monoisotopic (exact) mass is 435 g/mol. The zero-order valence-electron chi connectivity index (χ0n) is 17.5. The number of aliphatic hydroxyl groups excluding tert-OH is 1. The quantitative estimate of drug-likeness (QED) is 0.431. The van der Waals surface area contributed by atoms with Gasteiger partial charge in [-0.2, -0.15) is 0 Å². The lowest BCUT2D eigenvalue weighted by molar-refractivity contribution is -0.385. The zero-order valence-corrected chi connectivity index (χ0v) is 17.5. The summed E-state index contributed by atoms with van der Waals surface area (Å²) in [5.74, 6) is -1.22. The number of nitrogens with one attached hydrogen (secondary N) is 1. The molecule has 2 heterocycles. The number of ether oxygens (including phenoxy) is 1. The molecule has 164 valence electrons. The molecule has 2 N–H and O–H groups in total. The first-order chi connectivity index (χ1) is 15.3. The SMILES string of the molecule is COc1ccc2[nH]cc(CCN3C(=O)C(O)=C(C(C)=O)C3c3ccccc3[N+](=O)[O-])c2c1. The van der Waals surface area contributed by atoms with E-state index < -0.39 is 28.4 Å². The Morgan fingerprint density at radius 1 is 1.28 bits per heavy atom. The number of methoxy groups -OCH3 is 1. The van der Waals surface area contributed by atoms with Crippen molar-refractivity contribution in [3.8, 4) is 5.75 Å². The first kappa shape index (κ1) is 21.1. The Hall–Kier alpha value is -4.14. The topological polar surface area (TPSA) is 126 Å². The summed E-state index contributed by atoms with van der Waals surface area (Å²) < 4.78 is 5.29. The van der Waals surface area contributed by atoms with Crippen LogP contribution in [0.5, 0.6) is 5.75 Å². The third kappa shape index (κ3) is 3.47. The van der Waals surface area contributed by atoms with Gasteiger partial charge >= 0.3 is 0 Å². The maximum atomic E-state index is 12.9. The van der Waals surface area contributed by atoms with Gasteiger partial charge in [-0.15, -0.1) is 0 Å². The Morgan fingerprint density at radius 2 is 2.03 bits per heavy atom. The van der Waals surface area contributed by atoms with Gasteiger partial charge in [-0.1, -0.05) is 12.1 Å². The Balaban J connectivity index is 1.72. The Labute approximate surface area is 183 Å². The smallest absolute Gasteiger partial charge is 0.290 e. The first-order valence-corrected chi connectivity index (χ1v) is 9.95. The predicted octanol–water partition coefficient (Wildman–Crippen LogP) is 3.61. The van der Waals surface area contributed by atoms with E-state index in [0.717, 1.165) is 16.5 Å². The molecule has 0 fully saturated rings. The lowest BCUT2D eigenvalue weighted by Crippen LogP contribution is -2.33. The van der Waals surface area contributed by atoms with Crippen LogP contribution >= 0.6 is 0 Å². The van der Waals surface area contributed by atoms with Crippen molar-refractivity contribution < 1.29 is 24.4 Å². The number of aromatic nitrogens is 1. The molecular formula is C23H21N3O6. The van der Waals surface area contributed by atoms with E-state index in [0.29, 0.717) is 12.2 Å². The molecule has 1 amide bonds. The number of rotatable bonds is 7.